The van der Waals surface area contributed by atoms with Gasteiger partial charge in [0.15, 0.2) is 0 Å². The monoisotopic (exact) mass is 407 g/mol. The average Bonchev–Trinajstić information content (AvgIpc) is 2.79. The Labute approximate surface area is 177 Å². The van der Waals surface area contributed by atoms with E-state index in [1.807, 2.05) is 47.4 Å². The first-order valence-corrected chi connectivity index (χ1v) is 10.7. The van der Waals surface area contributed by atoms with Gasteiger partial charge in [0, 0.05) is 25.4 Å². The highest BCUT2D eigenvalue weighted by molar-refractivity contribution is 6.02. The molecule has 2 aromatic rings. The van der Waals surface area contributed by atoms with Gasteiger partial charge in [-0.1, -0.05) is 43.5 Å². The highest BCUT2D eigenvalue weighted by atomic mass is 16.5. The summed E-state index contributed by atoms with van der Waals surface area (Å²) < 4.78 is 5.31. The van der Waals surface area contributed by atoms with Gasteiger partial charge < -0.3 is 15.0 Å². The van der Waals surface area contributed by atoms with E-state index in [1.54, 1.807) is 13.3 Å². The SMILES string of the molecule is COCCN1C(=O)c2ccccc2C(C(=O)NCc2ccccn2)C12CCCCC2. The van der Waals surface area contributed by atoms with E-state index in [-0.39, 0.29) is 11.8 Å². The second kappa shape index (κ2) is 8.96. The third-order valence-corrected chi connectivity index (χ3v) is 6.49. The second-order valence-electron chi connectivity index (χ2n) is 8.17. The van der Waals surface area contributed by atoms with Gasteiger partial charge in [0.25, 0.3) is 5.91 Å². The number of benzene rings is 1. The number of carbonyl (C=O) groups is 2. The van der Waals surface area contributed by atoms with Crippen LogP contribution < -0.4 is 5.32 Å². The van der Waals surface area contributed by atoms with Crippen LogP contribution in [0.2, 0.25) is 0 Å². The van der Waals surface area contributed by atoms with Crippen LogP contribution in [0.15, 0.2) is 48.7 Å². The first-order valence-electron chi connectivity index (χ1n) is 10.7. The van der Waals surface area contributed by atoms with Gasteiger partial charge in [-0.3, -0.25) is 14.6 Å². The number of aromatic nitrogens is 1. The minimum Gasteiger partial charge on any atom is -0.383 e. The lowest BCUT2D eigenvalue weighted by atomic mass is 9.65. The van der Waals surface area contributed by atoms with E-state index in [0.29, 0.717) is 25.3 Å². The molecule has 2 amide bonds. The van der Waals surface area contributed by atoms with E-state index in [4.69, 9.17) is 4.74 Å². The molecule has 1 aliphatic carbocycles. The fourth-order valence-electron chi connectivity index (χ4n) is 5.13. The third-order valence-electron chi connectivity index (χ3n) is 6.49. The molecule has 1 aromatic carbocycles. The molecule has 1 unspecified atom stereocenters. The van der Waals surface area contributed by atoms with E-state index in [9.17, 15) is 9.59 Å². The Morgan fingerprint density at radius 1 is 1.17 bits per heavy atom. The summed E-state index contributed by atoms with van der Waals surface area (Å²) >= 11 is 0. The van der Waals surface area contributed by atoms with Crippen molar-refractivity contribution in [2.45, 2.75) is 50.1 Å². The Bertz CT molecular complexity index is 894. The molecule has 6 heteroatoms. The van der Waals surface area contributed by atoms with Gasteiger partial charge >= 0.3 is 0 Å². The Kier molecular flexibility index (Phi) is 6.13. The molecule has 1 atom stereocenters. The van der Waals surface area contributed by atoms with Crippen LogP contribution >= 0.6 is 0 Å². The molecule has 1 aromatic heterocycles. The van der Waals surface area contributed by atoms with Gasteiger partial charge in [0.05, 0.1) is 30.3 Å². The van der Waals surface area contributed by atoms with Gasteiger partial charge in [-0.25, -0.2) is 0 Å². The summed E-state index contributed by atoms with van der Waals surface area (Å²) in [4.78, 5) is 33.3. The van der Waals surface area contributed by atoms with Crippen molar-refractivity contribution in [2.24, 2.45) is 0 Å². The Balaban J connectivity index is 1.72. The molecule has 0 saturated heterocycles. The molecule has 2 aliphatic rings. The van der Waals surface area contributed by atoms with E-state index >= 15 is 0 Å². The average molecular weight is 408 g/mol. The minimum atomic E-state index is -0.504. The van der Waals surface area contributed by atoms with Gasteiger partial charge in [-0.05, 0) is 36.6 Å². The molecule has 2 heterocycles. The highest BCUT2D eigenvalue weighted by Gasteiger charge is 2.54. The van der Waals surface area contributed by atoms with Crippen LogP contribution in [0.5, 0.6) is 0 Å². The Morgan fingerprint density at radius 2 is 1.93 bits per heavy atom. The van der Waals surface area contributed by atoms with Crippen molar-refractivity contribution in [3.63, 3.8) is 0 Å². The van der Waals surface area contributed by atoms with E-state index < -0.39 is 11.5 Å². The van der Waals surface area contributed by atoms with Crippen LogP contribution in [-0.4, -0.2) is 47.5 Å². The van der Waals surface area contributed by atoms with Crippen molar-refractivity contribution in [3.8, 4) is 0 Å². The number of amides is 2. The van der Waals surface area contributed by atoms with Crippen LogP contribution in [0.4, 0.5) is 0 Å². The molecule has 1 aliphatic heterocycles. The molecular formula is C24H29N3O3. The molecule has 1 saturated carbocycles. The van der Waals surface area contributed by atoms with E-state index in [0.717, 1.165) is 43.4 Å². The number of rotatable bonds is 6. The highest BCUT2D eigenvalue weighted by Crippen LogP contribution is 2.49. The lowest BCUT2D eigenvalue weighted by Crippen LogP contribution is -2.63. The summed E-state index contributed by atoms with van der Waals surface area (Å²) in [6.45, 7) is 1.33. The number of carbonyl (C=O) groups excluding carboxylic acids is 2. The number of nitrogens with zero attached hydrogens (tertiary/aromatic N) is 2. The quantitative estimate of drug-likeness (QED) is 0.798. The number of pyridine rings is 1. The fraction of sp³-hybridized carbons (Fsp3) is 0.458. The van der Waals surface area contributed by atoms with Crippen LogP contribution in [-0.2, 0) is 16.1 Å². The maximum Gasteiger partial charge on any atom is 0.254 e. The van der Waals surface area contributed by atoms with Crippen LogP contribution in [0.1, 0.15) is 59.6 Å². The van der Waals surface area contributed by atoms with Crippen LogP contribution in [0, 0.1) is 0 Å². The predicted molar refractivity (Wildman–Crippen MR) is 114 cm³/mol. The molecule has 1 fully saturated rings. The molecule has 0 radical (unpaired) electrons. The van der Waals surface area contributed by atoms with Crippen LogP contribution in [0.3, 0.4) is 0 Å². The lowest BCUT2D eigenvalue weighted by Gasteiger charge is -2.53. The van der Waals surface area contributed by atoms with Crippen molar-refractivity contribution in [3.05, 3.63) is 65.5 Å². The number of ether oxygens (including phenoxy) is 1. The molecule has 0 bridgehead atoms. The predicted octanol–water partition coefficient (Wildman–Crippen LogP) is 3.29. The number of nitrogens with one attached hydrogen (secondary N) is 1. The normalized spacial score (nSPS) is 20.1. The third kappa shape index (κ3) is 3.72. The first kappa shape index (κ1) is 20.5. The van der Waals surface area contributed by atoms with Gasteiger partial charge in [0.2, 0.25) is 5.91 Å². The maximum atomic E-state index is 13.6. The molecular weight excluding hydrogens is 378 g/mol. The van der Waals surface area contributed by atoms with Crippen molar-refractivity contribution < 1.29 is 14.3 Å². The number of methoxy groups -OCH3 is 1. The minimum absolute atomic E-state index is 0.0123. The zero-order valence-corrected chi connectivity index (χ0v) is 17.5. The summed E-state index contributed by atoms with van der Waals surface area (Å²) in [5.41, 5.74) is 1.79. The molecule has 4 rings (SSSR count). The zero-order valence-electron chi connectivity index (χ0n) is 17.5. The molecule has 158 valence electrons. The van der Waals surface area contributed by atoms with Gasteiger partial charge in [-0.2, -0.15) is 0 Å². The number of fused-ring (bicyclic) bond motifs is 1. The van der Waals surface area contributed by atoms with Crippen molar-refractivity contribution >= 4 is 11.8 Å². The number of hydrogen-bond donors (Lipinski definition) is 1. The summed E-state index contributed by atoms with van der Waals surface area (Å²) in [7, 11) is 1.65. The maximum absolute atomic E-state index is 13.6. The fourth-order valence-corrected chi connectivity index (χ4v) is 5.13. The van der Waals surface area contributed by atoms with E-state index in [1.165, 1.54) is 0 Å². The summed E-state index contributed by atoms with van der Waals surface area (Å²) in [6.07, 6.45) is 6.56. The Hall–Kier alpha value is -2.73. The molecule has 1 N–H and O–H groups in total. The standard InChI is InChI=1S/C24H29N3O3/c1-30-16-15-27-23(29)20-11-4-3-10-19(20)21(24(27)12-6-2-7-13-24)22(28)26-17-18-9-5-8-14-25-18/h3-5,8-11,14,21H,2,6-7,12-13,15-17H2,1H3,(H,26,28). The van der Waals surface area contributed by atoms with Gasteiger partial charge in [0.1, 0.15) is 0 Å². The molecule has 30 heavy (non-hydrogen) atoms. The van der Waals surface area contributed by atoms with Crippen molar-refractivity contribution in [1.29, 1.82) is 0 Å². The van der Waals surface area contributed by atoms with Gasteiger partial charge in [-0.15, -0.1) is 0 Å². The smallest absolute Gasteiger partial charge is 0.254 e. The Morgan fingerprint density at radius 3 is 2.67 bits per heavy atom. The van der Waals surface area contributed by atoms with E-state index in [2.05, 4.69) is 10.3 Å². The van der Waals surface area contributed by atoms with Crippen molar-refractivity contribution in [2.75, 3.05) is 20.3 Å². The lowest BCUT2D eigenvalue weighted by molar-refractivity contribution is -0.127. The topological polar surface area (TPSA) is 71.5 Å². The second-order valence-corrected chi connectivity index (χ2v) is 8.17. The zero-order chi connectivity index (χ0) is 21.0. The summed E-state index contributed by atoms with van der Waals surface area (Å²) in [5, 5.41) is 3.10. The molecule has 6 nitrogen and oxygen atoms in total. The molecule has 1 spiro atoms. The van der Waals surface area contributed by atoms with Crippen molar-refractivity contribution in [1.82, 2.24) is 15.2 Å². The first-order chi connectivity index (χ1) is 14.7. The summed E-state index contributed by atoms with van der Waals surface area (Å²) in [6, 6.07) is 13.3. The van der Waals surface area contributed by atoms with Crippen LogP contribution in [0.25, 0.3) is 0 Å². The summed E-state index contributed by atoms with van der Waals surface area (Å²) in [5.74, 6) is -0.421. The largest absolute Gasteiger partial charge is 0.383 e. The number of hydrogen-bond acceptors (Lipinski definition) is 4.